The molecule has 186 valence electrons. The molecule has 3 N–H and O–H groups in total. The first-order chi connectivity index (χ1) is 16.6. The fourth-order valence-electron chi connectivity index (χ4n) is 3.70. The highest BCUT2D eigenvalue weighted by Gasteiger charge is 2.36. The molecule has 2 aromatic rings. The molecule has 11 heteroatoms. The average Bonchev–Trinajstić information content (AvgIpc) is 2.81. The van der Waals surface area contributed by atoms with Crippen LogP contribution in [-0.2, 0) is 42.9 Å². The summed E-state index contributed by atoms with van der Waals surface area (Å²) in [7, 11) is 1.08. The molecule has 0 bridgehead atoms. The van der Waals surface area contributed by atoms with Crippen molar-refractivity contribution in [2.75, 3.05) is 7.11 Å². The van der Waals surface area contributed by atoms with Gasteiger partial charge in [-0.05, 0) is 17.2 Å². The van der Waals surface area contributed by atoms with E-state index in [9.17, 15) is 32.3 Å². The molecule has 3 atom stereocenters. The number of esters is 1. The van der Waals surface area contributed by atoms with Gasteiger partial charge < -0.3 is 20.7 Å². The van der Waals surface area contributed by atoms with Crippen LogP contribution in [0.5, 0.6) is 0 Å². The second kappa shape index (κ2) is 11.0. The Bertz CT molecular complexity index is 1090. The lowest BCUT2D eigenvalue weighted by Gasteiger charge is -2.29. The summed E-state index contributed by atoms with van der Waals surface area (Å²) in [5, 5.41) is 7.48. The first-order valence-electron chi connectivity index (χ1n) is 10.7. The number of hydrogen-bond donors (Lipinski definition) is 3. The molecule has 1 saturated heterocycles. The predicted molar refractivity (Wildman–Crippen MR) is 118 cm³/mol. The fourth-order valence-corrected chi connectivity index (χ4v) is 3.70. The standard InChI is InChI=1S/C24H24F3N3O5/c1-35-23(34)19(12-15-8-5-9-16(10-15)24(25,26)27)28-20(31)13-18-22(33)29-17(21(32)30-18)11-14-6-3-2-4-7-14/h2-10,17-19H,11-13H2,1H3,(H,28,31)(H,29,33)(H,30,32)/t17-,18-,19+/m0/s1. The van der Waals surface area contributed by atoms with Crippen molar-refractivity contribution >= 4 is 23.7 Å². The van der Waals surface area contributed by atoms with E-state index in [-0.39, 0.29) is 18.4 Å². The maximum absolute atomic E-state index is 13.0. The number of amides is 3. The number of carbonyl (C=O) groups excluding carboxylic acids is 4. The van der Waals surface area contributed by atoms with Gasteiger partial charge in [-0.15, -0.1) is 0 Å². The van der Waals surface area contributed by atoms with E-state index >= 15 is 0 Å². The van der Waals surface area contributed by atoms with Gasteiger partial charge in [0.05, 0.1) is 19.1 Å². The van der Waals surface area contributed by atoms with Gasteiger partial charge in [-0.3, -0.25) is 14.4 Å². The first kappa shape index (κ1) is 25.7. The molecule has 3 amide bonds. The van der Waals surface area contributed by atoms with Crippen LogP contribution >= 0.6 is 0 Å². The molecular formula is C24H24F3N3O5. The van der Waals surface area contributed by atoms with Gasteiger partial charge in [-0.25, -0.2) is 4.79 Å². The molecule has 1 aliphatic heterocycles. The number of rotatable bonds is 8. The lowest BCUT2D eigenvalue weighted by atomic mass is 10.00. The maximum Gasteiger partial charge on any atom is 0.416 e. The van der Waals surface area contributed by atoms with Crippen LogP contribution in [0.2, 0.25) is 0 Å². The van der Waals surface area contributed by atoms with Gasteiger partial charge in [0, 0.05) is 12.8 Å². The Morgan fingerprint density at radius 2 is 1.60 bits per heavy atom. The molecule has 0 unspecified atom stereocenters. The second-order valence-corrected chi connectivity index (χ2v) is 8.06. The molecule has 0 aromatic heterocycles. The number of halogens is 3. The molecule has 1 heterocycles. The minimum absolute atomic E-state index is 0.156. The number of alkyl halides is 3. The van der Waals surface area contributed by atoms with Crippen molar-refractivity contribution < 1.29 is 37.1 Å². The van der Waals surface area contributed by atoms with E-state index in [0.29, 0.717) is 0 Å². The van der Waals surface area contributed by atoms with Crippen LogP contribution < -0.4 is 16.0 Å². The van der Waals surface area contributed by atoms with Crippen LogP contribution in [0.3, 0.4) is 0 Å². The van der Waals surface area contributed by atoms with Crippen molar-refractivity contribution in [1.29, 1.82) is 0 Å². The Kier molecular flexibility index (Phi) is 8.10. The molecule has 0 radical (unpaired) electrons. The van der Waals surface area contributed by atoms with Crippen LogP contribution in [0.4, 0.5) is 13.2 Å². The summed E-state index contributed by atoms with van der Waals surface area (Å²) in [5.74, 6) is -2.64. The van der Waals surface area contributed by atoms with Crippen LogP contribution in [0.15, 0.2) is 54.6 Å². The molecule has 3 rings (SSSR count). The third-order valence-electron chi connectivity index (χ3n) is 5.45. The summed E-state index contributed by atoms with van der Waals surface area (Å²) in [6, 6.07) is 10.2. The Morgan fingerprint density at radius 3 is 2.26 bits per heavy atom. The number of piperazine rings is 1. The summed E-state index contributed by atoms with van der Waals surface area (Å²) in [6.45, 7) is 0. The van der Waals surface area contributed by atoms with Crippen LogP contribution in [0.1, 0.15) is 23.1 Å². The zero-order chi connectivity index (χ0) is 25.6. The number of methoxy groups -OCH3 is 1. The third-order valence-corrected chi connectivity index (χ3v) is 5.45. The maximum atomic E-state index is 13.0. The van der Waals surface area contributed by atoms with Gasteiger partial charge in [0.2, 0.25) is 17.7 Å². The quantitative estimate of drug-likeness (QED) is 0.485. The van der Waals surface area contributed by atoms with Crippen LogP contribution in [0.25, 0.3) is 0 Å². The molecule has 8 nitrogen and oxygen atoms in total. The highest BCUT2D eigenvalue weighted by molar-refractivity contribution is 5.99. The highest BCUT2D eigenvalue weighted by atomic mass is 19.4. The van der Waals surface area contributed by atoms with Crippen molar-refractivity contribution in [3.8, 4) is 0 Å². The number of carbonyl (C=O) groups is 4. The molecule has 0 aliphatic carbocycles. The second-order valence-electron chi connectivity index (χ2n) is 8.06. The van der Waals surface area contributed by atoms with E-state index in [4.69, 9.17) is 0 Å². The monoisotopic (exact) mass is 491 g/mol. The van der Waals surface area contributed by atoms with Crippen LogP contribution in [-0.4, -0.2) is 48.9 Å². The van der Waals surface area contributed by atoms with Gasteiger partial charge in [-0.1, -0.05) is 48.5 Å². The van der Waals surface area contributed by atoms with Gasteiger partial charge in [-0.2, -0.15) is 13.2 Å². The number of ether oxygens (including phenoxy) is 1. The van der Waals surface area contributed by atoms with Crippen molar-refractivity contribution in [3.63, 3.8) is 0 Å². The first-order valence-corrected chi connectivity index (χ1v) is 10.7. The lowest BCUT2D eigenvalue weighted by molar-refractivity contribution is -0.145. The van der Waals surface area contributed by atoms with Crippen molar-refractivity contribution in [3.05, 3.63) is 71.3 Å². The number of nitrogens with one attached hydrogen (secondary N) is 3. The van der Waals surface area contributed by atoms with E-state index in [2.05, 4.69) is 20.7 Å². The largest absolute Gasteiger partial charge is 0.467 e. The normalized spacial score (nSPS) is 18.7. The summed E-state index contributed by atoms with van der Waals surface area (Å²) in [6.07, 6.45) is -5.01. The van der Waals surface area contributed by atoms with Gasteiger partial charge in [0.25, 0.3) is 0 Å². The molecule has 0 saturated carbocycles. The van der Waals surface area contributed by atoms with Gasteiger partial charge >= 0.3 is 12.1 Å². The zero-order valence-electron chi connectivity index (χ0n) is 18.7. The lowest BCUT2D eigenvalue weighted by Crippen LogP contribution is -2.63. The summed E-state index contributed by atoms with van der Waals surface area (Å²) < 4.78 is 43.6. The summed E-state index contributed by atoms with van der Waals surface area (Å²) in [4.78, 5) is 49.6. The minimum atomic E-state index is -4.56. The third kappa shape index (κ3) is 7.05. The Morgan fingerprint density at radius 1 is 0.971 bits per heavy atom. The Labute approximate surface area is 199 Å². The molecule has 1 fully saturated rings. The smallest absolute Gasteiger partial charge is 0.416 e. The van der Waals surface area contributed by atoms with E-state index in [1.165, 1.54) is 12.1 Å². The van der Waals surface area contributed by atoms with E-state index < -0.39 is 60.0 Å². The topological polar surface area (TPSA) is 114 Å². The predicted octanol–water partition coefficient (Wildman–Crippen LogP) is 1.52. The molecular weight excluding hydrogens is 467 g/mol. The molecule has 1 aliphatic rings. The molecule has 0 spiro atoms. The van der Waals surface area contributed by atoms with Crippen molar-refractivity contribution in [2.24, 2.45) is 0 Å². The zero-order valence-corrected chi connectivity index (χ0v) is 18.7. The van der Waals surface area contributed by atoms with Crippen LogP contribution in [0, 0.1) is 0 Å². The van der Waals surface area contributed by atoms with Crippen molar-refractivity contribution in [1.82, 2.24) is 16.0 Å². The Balaban J connectivity index is 1.61. The van der Waals surface area contributed by atoms with Crippen molar-refractivity contribution in [2.45, 2.75) is 43.6 Å². The van der Waals surface area contributed by atoms with Gasteiger partial charge in [0.1, 0.15) is 18.1 Å². The number of hydrogen-bond acceptors (Lipinski definition) is 5. The average molecular weight is 491 g/mol. The highest BCUT2D eigenvalue weighted by Crippen LogP contribution is 2.29. The molecule has 2 aromatic carbocycles. The minimum Gasteiger partial charge on any atom is -0.467 e. The summed E-state index contributed by atoms with van der Waals surface area (Å²) in [5.41, 5.74) is 0.110. The fraction of sp³-hybridized carbons (Fsp3) is 0.333. The molecule has 35 heavy (non-hydrogen) atoms. The Hall–Kier alpha value is -3.89. The van der Waals surface area contributed by atoms with E-state index in [0.717, 1.165) is 24.8 Å². The van der Waals surface area contributed by atoms with Gasteiger partial charge in [0.15, 0.2) is 0 Å². The van der Waals surface area contributed by atoms with E-state index in [1.807, 2.05) is 30.3 Å². The SMILES string of the molecule is COC(=O)[C@@H](Cc1cccc(C(F)(F)F)c1)NC(=O)C[C@@H]1NC(=O)[C@H](Cc2ccccc2)NC1=O. The summed E-state index contributed by atoms with van der Waals surface area (Å²) >= 11 is 0. The number of benzene rings is 2. The van der Waals surface area contributed by atoms with E-state index in [1.54, 1.807) is 0 Å².